The number of carbonyl (C=O) groups excluding carboxylic acids is 1. The van der Waals surface area contributed by atoms with Gasteiger partial charge in [-0.15, -0.1) is 0 Å². The van der Waals surface area contributed by atoms with Crippen molar-refractivity contribution >= 4 is 61.2 Å². The third kappa shape index (κ3) is 4.10. The number of benzene rings is 2. The molecule has 1 amide bonds. The number of carbonyl (C=O) groups is 1. The zero-order valence-electron chi connectivity index (χ0n) is 16.6. The second-order valence-electron chi connectivity index (χ2n) is 6.56. The second kappa shape index (κ2) is 8.57. The van der Waals surface area contributed by atoms with E-state index in [2.05, 4.69) is 20.6 Å². The number of nitrogens with zero attached hydrogens (tertiary/aromatic N) is 3. The molecule has 30 heavy (non-hydrogen) atoms. The van der Waals surface area contributed by atoms with Crippen LogP contribution in [0.3, 0.4) is 0 Å². The quantitative estimate of drug-likeness (QED) is 0.419. The molecule has 2 aromatic heterocycles. The van der Waals surface area contributed by atoms with Crippen molar-refractivity contribution in [3.63, 3.8) is 0 Å². The van der Waals surface area contributed by atoms with E-state index < -0.39 is 6.29 Å². The van der Waals surface area contributed by atoms with Crippen molar-refractivity contribution in [1.82, 2.24) is 19.9 Å². The topological polar surface area (TPSA) is 90.3 Å². The number of hydrogen-bond donors (Lipinski definition) is 2. The zero-order valence-corrected chi connectivity index (χ0v) is 18.2. The van der Waals surface area contributed by atoms with E-state index >= 15 is 0 Å². The van der Waals surface area contributed by atoms with Gasteiger partial charge in [-0.25, -0.2) is 9.97 Å². The number of nitrogens with one attached hydrogen (secondary N) is 2. The fourth-order valence-corrected chi connectivity index (χ4v) is 4.18. The van der Waals surface area contributed by atoms with Crippen LogP contribution in [0.5, 0.6) is 0 Å². The Morgan fingerprint density at radius 2 is 1.97 bits per heavy atom. The molecule has 10 heteroatoms. The van der Waals surface area contributed by atoms with Gasteiger partial charge in [-0.3, -0.25) is 4.79 Å². The number of aryl methyl sites for hydroxylation is 1. The summed E-state index contributed by atoms with van der Waals surface area (Å²) in [5.74, 6) is 0.408. The molecule has 2 N–H and O–H groups in total. The van der Waals surface area contributed by atoms with Crippen molar-refractivity contribution in [2.24, 2.45) is 7.05 Å². The molecule has 2 heterocycles. The minimum absolute atomic E-state index is 0.223. The van der Waals surface area contributed by atoms with Gasteiger partial charge in [-0.1, -0.05) is 22.9 Å². The van der Waals surface area contributed by atoms with Gasteiger partial charge >= 0.3 is 0 Å². The van der Waals surface area contributed by atoms with Crippen molar-refractivity contribution in [2.45, 2.75) is 6.29 Å². The summed E-state index contributed by atoms with van der Waals surface area (Å²) < 4.78 is 13.1. The maximum atomic E-state index is 12.4. The zero-order chi connectivity index (χ0) is 21.3. The average molecular weight is 446 g/mol. The van der Waals surface area contributed by atoms with Gasteiger partial charge in [0.25, 0.3) is 5.91 Å². The smallest absolute Gasteiger partial charge is 0.251 e. The van der Waals surface area contributed by atoms with Gasteiger partial charge in [0.15, 0.2) is 11.4 Å². The van der Waals surface area contributed by atoms with Crippen molar-refractivity contribution in [3.05, 3.63) is 47.0 Å². The van der Waals surface area contributed by atoms with Gasteiger partial charge in [-0.05, 0) is 36.4 Å². The van der Waals surface area contributed by atoms with Crippen molar-refractivity contribution in [1.29, 1.82) is 0 Å². The Morgan fingerprint density at radius 1 is 1.17 bits per heavy atom. The number of rotatable bonds is 7. The van der Waals surface area contributed by atoms with Crippen molar-refractivity contribution < 1.29 is 14.3 Å². The van der Waals surface area contributed by atoms with Crippen LogP contribution in [0.15, 0.2) is 36.4 Å². The predicted octanol–water partition coefficient (Wildman–Crippen LogP) is 3.93. The fourth-order valence-electron chi connectivity index (χ4n) is 3.04. The maximum absolute atomic E-state index is 12.4. The fraction of sp³-hybridized carbons (Fsp3) is 0.250. The summed E-state index contributed by atoms with van der Waals surface area (Å²) in [7, 11) is 4.95. The molecule has 4 aromatic rings. The Bertz CT molecular complexity index is 1220. The molecule has 8 nitrogen and oxygen atoms in total. The highest BCUT2D eigenvalue weighted by molar-refractivity contribution is 7.22. The number of hydrogen-bond acceptors (Lipinski definition) is 7. The summed E-state index contributed by atoms with van der Waals surface area (Å²) in [6.07, 6.45) is -0.493. The first-order valence-electron chi connectivity index (χ1n) is 9.12. The Labute approximate surface area is 181 Å². The lowest BCUT2D eigenvalue weighted by Gasteiger charge is -2.13. The number of ether oxygens (including phenoxy) is 2. The highest BCUT2D eigenvalue weighted by Crippen LogP contribution is 2.31. The molecule has 0 saturated heterocycles. The second-order valence-corrected chi connectivity index (χ2v) is 8.03. The third-order valence-electron chi connectivity index (χ3n) is 4.67. The molecule has 0 atom stereocenters. The number of fused-ring (bicyclic) bond motifs is 2. The number of amides is 1. The summed E-state index contributed by atoms with van der Waals surface area (Å²) in [5.41, 5.74) is 2.97. The molecule has 0 aliphatic heterocycles. The van der Waals surface area contributed by atoms with Crippen LogP contribution < -0.4 is 10.6 Å². The average Bonchev–Trinajstić information content (AvgIpc) is 3.28. The lowest BCUT2D eigenvalue weighted by molar-refractivity contribution is -0.0974. The first-order chi connectivity index (χ1) is 14.5. The van der Waals surface area contributed by atoms with Gasteiger partial charge in [0, 0.05) is 31.9 Å². The molecule has 0 spiro atoms. The van der Waals surface area contributed by atoms with Crippen LogP contribution in [-0.2, 0) is 16.5 Å². The molecule has 0 fully saturated rings. The van der Waals surface area contributed by atoms with Gasteiger partial charge in [0.05, 0.1) is 27.8 Å². The number of aromatic nitrogens is 3. The minimum Gasteiger partial charge on any atom is -0.354 e. The van der Waals surface area contributed by atoms with Gasteiger partial charge in [0.2, 0.25) is 5.95 Å². The van der Waals surface area contributed by atoms with Crippen molar-refractivity contribution in [3.8, 4) is 0 Å². The molecule has 0 aliphatic rings. The molecule has 0 unspecified atom stereocenters. The van der Waals surface area contributed by atoms with E-state index in [9.17, 15) is 4.79 Å². The SMILES string of the molecule is COC(CNC(=O)c1ccc2c(c1)nc(Nc1nc3ccc(Cl)cc3s1)n2C)OC. The van der Waals surface area contributed by atoms with Crippen LogP contribution in [0.4, 0.5) is 11.1 Å². The molecule has 0 aliphatic carbocycles. The normalized spacial score (nSPS) is 11.5. The summed E-state index contributed by atoms with van der Waals surface area (Å²) in [6, 6.07) is 11.0. The van der Waals surface area contributed by atoms with Crippen LogP contribution in [0, 0.1) is 0 Å². The van der Waals surface area contributed by atoms with Crippen LogP contribution in [0.25, 0.3) is 21.3 Å². The standard InChI is InChI=1S/C20H20ClN5O3S/c1-26-15-7-4-11(18(27)22-10-17(28-2)29-3)8-14(15)23-19(26)25-20-24-13-6-5-12(21)9-16(13)30-20/h4-9,17H,10H2,1-3H3,(H,22,27)(H,23,24,25). The van der Waals surface area contributed by atoms with E-state index in [1.54, 1.807) is 12.1 Å². The lowest BCUT2D eigenvalue weighted by Crippen LogP contribution is -2.34. The molecular weight excluding hydrogens is 426 g/mol. The number of anilines is 2. The van der Waals surface area contributed by atoms with Crippen LogP contribution in [-0.4, -0.2) is 47.5 Å². The van der Waals surface area contributed by atoms with Crippen LogP contribution >= 0.6 is 22.9 Å². The van der Waals surface area contributed by atoms with Crippen LogP contribution in [0.2, 0.25) is 5.02 Å². The van der Waals surface area contributed by atoms with E-state index in [1.807, 2.05) is 35.9 Å². The number of imidazole rings is 1. The largest absolute Gasteiger partial charge is 0.354 e. The molecular formula is C20H20ClN5O3S. The molecule has 2 aromatic carbocycles. The molecule has 0 radical (unpaired) electrons. The highest BCUT2D eigenvalue weighted by atomic mass is 35.5. The van der Waals surface area contributed by atoms with Crippen LogP contribution in [0.1, 0.15) is 10.4 Å². The Hall–Kier alpha value is -2.72. The molecule has 0 saturated carbocycles. The summed E-state index contributed by atoms with van der Waals surface area (Å²) in [4.78, 5) is 21.6. The van der Waals surface area contributed by atoms with E-state index in [1.165, 1.54) is 25.6 Å². The number of methoxy groups -OCH3 is 2. The lowest BCUT2D eigenvalue weighted by atomic mass is 10.2. The monoisotopic (exact) mass is 445 g/mol. The van der Waals surface area contributed by atoms with Gasteiger partial charge in [-0.2, -0.15) is 0 Å². The number of thiazole rings is 1. The number of halogens is 1. The predicted molar refractivity (Wildman–Crippen MR) is 119 cm³/mol. The summed E-state index contributed by atoms with van der Waals surface area (Å²) >= 11 is 7.56. The molecule has 0 bridgehead atoms. The van der Waals surface area contributed by atoms with E-state index in [0.717, 1.165) is 15.7 Å². The third-order valence-corrected chi connectivity index (χ3v) is 5.84. The summed E-state index contributed by atoms with van der Waals surface area (Å²) in [6.45, 7) is 0.251. The van der Waals surface area contributed by atoms with Crippen molar-refractivity contribution in [2.75, 3.05) is 26.1 Å². The Balaban J connectivity index is 1.56. The summed E-state index contributed by atoms with van der Waals surface area (Å²) in [5, 5.41) is 7.44. The first kappa shape index (κ1) is 20.5. The Kier molecular flexibility index (Phi) is 5.87. The van der Waals surface area contributed by atoms with Gasteiger partial charge in [0.1, 0.15) is 0 Å². The highest BCUT2D eigenvalue weighted by Gasteiger charge is 2.14. The molecule has 156 valence electrons. The van der Waals surface area contributed by atoms with E-state index in [0.29, 0.717) is 27.2 Å². The Morgan fingerprint density at radius 3 is 2.73 bits per heavy atom. The van der Waals surface area contributed by atoms with E-state index in [-0.39, 0.29) is 12.5 Å². The first-order valence-corrected chi connectivity index (χ1v) is 10.3. The van der Waals surface area contributed by atoms with E-state index in [4.69, 9.17) is 21.1 Å². The minimum atomic E-state index is -0.493. The maximum Gasteiger partial charge on any atom is 0.251 e. The molecule has 4 rings (SSSR count). The van der Waals surface area contributed by atoms with Gasteiger partial charge < -0.3 is 24.7 Å².